The molecule has 4 aromatic rings. The highest BCUT2D eigenvalue weighted by molar-refractivity contribution is 5.98. The van der Waals surface area contributed by atoms with Crippen molar-refractivity contribution >= 4 is 33.9 Å². The second-order valence-electron chi connectivity index (χ2n) is 13.1. The molecule has 9 nitrogen and oxygen atoms in total. The van der Waals surface area contributed by atoms with Crippen LogP contribution in [0.3, 0.4) is 0 Å². The molecule has 1 saturated carbocycles. The van der Waals surface area contributed by atoms with Crippen molar-refractivity contribution in [2.24, 2.45) is 18.4 Å². The molecule has 3 aromatic heterocycles. The van der Waals surface area contributed by atoms with Gasteiger partial charge in [0.2, 0.25) is 5.91 Å². The van der Waals surface area contributed by atoms with Crippen LogP contribution in [0.25, 0.3) is 33.6 Å². The van der Waals surface area contributed by atoms with Gasteiger partial charge in [-0.2, -0.15) is 0 Å². The van der Waals surface area contributed by atoms with E-state index in [0.717, 1.165) is 41.8 Å². The molecule has 2 amide bonds. The van der Waals surface area contributed by atoms with E-state index in [9.17, 15) is 14.0 Å². The number of nitrogens with one attached hydrogen (secondary N) is 3. The molecule has 0 unspecified atom stereocenters. The Bertz CT molecular complexity index is 1720. The monoisotopic (exact) mass is 591 g/mol. The zero-order valence-electron chi connectivity index (χ0n) is 25.3. The fraction of sp³-hybridized carbons (Fsp3) is 0.500. The van der Waals surface area contributed by atoms with Crippen molar-refractivity contribution in [1.82, 2.24) is 35.1 Å². The maximum Gasteiger partial charge on any atom is 0.254 e. The number of halogens is 2. The van der Waals surface area contributed by atoms with Gasteiger partial charge in [-0.3, -0.25) is 9.59 Å². The summed E-state index contributed by atoms with van der Waals surface area (Å²) in [6, 6.07) is 7.75. The van der Waals surface area contributed by atoms with Crippen LogP contribution in [-0.4, -0.2) is 56.2 Å². The SMILES string of the molecule is C[C@@H](NC(=O)C(C)(C)C)c1ccc2cc(-c3nc4cc(C(=O)N[C@H]5CNCC[C@@H]5F)c(F)cc4n3C)n(CC3CC3)c2n1. The Balaban J connectivity index is 1.37. The summed E-state index contributed by atoms with van der Waals surface area (Å²) in [6.45, 7) is 9.18. The van der Waals surface area contributed by atoms with Gasteiger partial charge in [-0.25, -0.2) is 18.7 Å². The lowest BCUT2D eigenvalue weighted by molar-refractivity contribution is -0.129. The standard InChI is InChI=1S/C32H39F2N7O2/c1-17(36-31(43)32(2,3)4)23-9-8-19-12-27(41(28(19)37-23)16-18-6-7-18)29-38-24-13-20(22(34)14-26(24)40(29)5)30(42)39-25-15-35-11-10-21(25)33/h8-9,12-14,17-18,21,25,35H,6-7,10-11,15-16H2,1-5H3,(H,36,43)(H,39,42)/t17-,21+,25+/m1/s1. The summed E-state index contributed by atoms with van der Waals surface area (Å²) >= 11 is 0. The molecule has 1 aliphatic heterocycles. The molecule has 0 radical (unpaired) electrons. The molecule has 228 valence electrons. The van der Waals surface area contributed by atoms with Crippen LogP contribution in [0.1, 0.15) is 69.1 Å². The topological polar surface area (TPSA) is 106 Å². The number of amides is 2. The molecular formula is C32H39F2N7O2. The lowest BCUT2D eigenvalue weighted by Crippen LogP contribution is -2.52. The molecule has 4 heterocycles. The van der Waals surface area contributed by atoms with Crippen LogP contribution in [0.2, 0.25) is 0 Å². The minimum Gasteiger partial charge on any atom is -0.348 e. The summed E-state index contributed by atoms with van der Waals surface area (Å²) in [4.78, 5) is 35.5. The van der Waals surface area contributed by atoms with Crippen molar-refractivity contribution in [3.8, 4) is 11.5 Å². The van der Waals surface area contributed by atoms with Gasteiger partial charge in [0.05, 0.1) is 40.1 Å². The summed E-state index contributed by atoms with van der Waals surface area (Å²) in [6.07, 6.45) is 1.39. The Hall–Kier alpha value is -3.86. The first-order chi connectivity index (χ1) is 20.4. The number of hydrogen-bond acceptors (Lipinski definition) is 5. The predicted octanol–water partition coefficient (Wildman–Crippen LogP) is 4.79. The van der Waals surface area contributed by atoms with Crippen molar-refractivity contribution in [2.75, 3.05) is 13.1 Å². The van der Waals surface area contributed by atoms with Gasteiger partial charge in [0.1, 0.15) is 17.6 Å². The van der Waals surface area contributed by atoms with E-state index in [-0.39, 0.29) is 17.5 Å². The van der Waals surface area contributed by atoms with E-state index in [4.69, 9.17) is 9.97 Å². The second-order valence-corrected chi connectivity index (χ2v) is 13.1. The summed E-state index contributed by atoms with van der Waals surface area (Å²) in [7, 11) is 1.83. The lowest BCUT2D eigenvalue weighted by atomic mass is 9.95. The van der Waals surface area contributed by atoms with Crippen LogP contribution in [0.4, 0.5) is 8.78 Å². The minimum absolute atomic E-state index is 0.0455. The number of aromatic nitrogens is 4. The Morgan fingerprint density at radius 2 is 1.91 bits per heavy atom. The fourth-order valence-electron chi connectivity index (χ4n) is 5.63. The Kier molecular flexibility index (Phi) is 7.48. The number of carbonyl (C=O) groups is 2. The van der Waals surface area contributed by atoms with Crippen LogP contribution in [0.15, 0.2) is 30.3 Å². The maximum atomic E-state index is 15.3. The molecule has 0 bridgehead atoms. The highest BCUT2D eigenvalue weighted by Gasteiger charge is 2.30. The molecule has 11 heteroatoms. The van der Waals surface area contributed by atoms with Crippen molar-refractivity contribution < 1.29 is 18.4 Å². The molecule has 3 atom stereocenters. The highest BCUT2D eigenvalue weighted by atomic mass is 19.1. The number of piperidine rings is 1. The average Bonchev–Trinajstić information content (AvgIpc) is 3.64. The van der Waals surface area contributed by atoms with Gasteiger partial charge in [-0.15, -0.1) is 0 Å². The number of pyridine rings is 1. The van der Waals surface area contributed by atoms with Crippen LogP contribution in [0.5, 0.6) is 0 Å². The van der Waals surface area contributed by atoms with E-state index in [2.05, 4.69) is 20.5 Å². The van der Waals surface area contributed by atoms with Crippen molar-refractivity contribution in [3.05, 3.63) is 47.4 Å². The average molecular weight is 592 g/mol. The van der Waals surface area contributed by atoms with Crippen LogP contribution < -0.4 is 16.0 Å². The van der Waals surface area contributed by atoms with Gasteiger partial charge in [0, 0.05) is 37.0 Å². The van der Waals surface area contributed by atoms with E-state index in [0.29, 0.717) is 42.3 Å². The van der Waals surface area contributed by atoms with Gasteiger partial charge in [0.15, 0.2) is 5.82 Å². The summed E-state index contributed by atoms with van der Waals surface area (Å²) < 4.78 is 33.6. The number of benzene rings is 1. The van der Waals surface area contributed by atoms with Gasteiger partial charge in [-0.1, -0.05) is 20.8 Å². The first kappa shape index (κ1) is 29.2. The third kappa shape index (κ3) is 5.74. The number of hydrogen-bond donors (Lipinski definition) is 3. The van der Waals surface area contributed by atoms with Crippen LogP contribution in [-0.2, 0) is 18.4 Å². The van der Waals surface area contributed by atoms with Crippen molar-refractivity contribution in [1.29, 1.82) is 0 Å². The van der Waals surface area contributed by atoms with Crippen LogP contribution >= 0.6 is 0 Å². The molecule has 2 aliphatic rings. The summed E-state index contributed by atoms with van der Waals surface area (Å²) in [5.74, 6) is -0.226. The summed E-state index contributed by atoms with van der Waals surface area (Å²) in [5.41, 5.74) is 2.75. The van der Waals surface area contributed by atoms with Gasteiger partial charge in [0.25, 0.3) is 5.91 Å². The smallest absolute Gasteiger partial charge is 0.254 e. The van der Waals surface area contributed by atoms with Crippen LogP contribution in [0, 0.1) is 17.2 Å². The first-order valence-corrected chi connectivity index (χ1v) is 15.0. The number of aryl methyl sites for hydroxylation is 1. The quantitative estimate of drug-likeness (QED) is 0.287. The van der Waals surface area contributed by atoms with E-state index < -0.39 is 29.4 Å². The first-order valence-electron chi connectivity index (χ1n) is 15.0. The van der Waals surface area contributed by atoms with Gasteiger partial charge in [-0.05, 0) is 62.9 Å². The fourth-order valence-corrected chi connectivity index (χ4v) is 5.63. The zero-order valence-corrected chi connectivity index (χ0v) is 25.3. The predicted molar refractivity (Wildman–Crippen MR) is 162 cm³/mol. The molecule has 2 fully saturated rings. The molecule has 1 aliphatic carbocycles. The van der Waals surface area contributed by atoms with E-state index in [1.165, 1.54) is 12.1 Å². The Morgan fingerprint density at radius 3 is 2.60 bits per heavy atom. The molecule has 6 rings (SSSR count). The Morgan fingerprint density at radius 1 is 1.14 bits per heavy atom. The largest absolute Gasteiger partial charge is 0.348 e. The molecular weight excluding hydrogens is 552 g/mol. The third-order valence-corrected chi connectivity index (χ3v) is 8.53. The molecule has 1 saturated heterocycles. The van der Waals surface area contributed by atoms with E-state index >= 15 is 4.39 Å². The number of imidazole rings is 1. The van der Waals surface area contributed by atoms with E-state index in [1.54, 1.807) is 0 Å². The van der Waals surface area contributed by atoms with Gasteiger partial charge >= 0.3 is 0 Å². The molecule has 3 N–H and O–H groups in total. The van der Waals surface area contributed by atoms with Gasteiger partial charge < -0.3 is 25.1 Å². The number of fused-ring (bicyclic) bond motifs is 2. The zero-order chi connectivity index (χ0) is 30.6. The number of nitrogens with zero attached hydrogens (tertiary/aromatic N) is 4. The Labute approximate surface area is 249 Å². The second kappa shape index (κ2) is 11.0. The minimum atomic E-state index is -1.18. The summed E-state index contributed by atoms with van der Waals surface area (Å²) in [5, 5.41) is 9.71. The lowest BCUT2D eigenvalue weighted by Gasteiger charge is -2.27. The third-order valence-electron chi connectivity index (χ3n) is 8.53. The molecule has 0 spiro atoms. The molecule has 1 aromatic carbocycles. The van der Waals surface area contributed by atoms with Crippen molar-refractivity contribution in [2.45, 2.75) is 71.8 Å². The van der Waals surface area contributed by atoms with E-state index in [1.807, 2.05) is 57.5 Å². The number of alkyl halides is 1. The molecule has 43 heavy (non-hydrogen) atoms. The maximum absolute atomic E-state index is 15.3. The number of rotatable bonds is 7. The number of carbonyl (C=O) groups excluding carboxylic acids is 2. The highest BCUT2D eigenvalue weighted by Crippen LogP contribution is 2.36. The van der Waals surface area contributed by atoms with Crippen molar-refractivity contribution in [3.63, 3.8) is 0 Å². The normalized spacial score (nSPS) is 20.0.